The Bertz CT molecular complexity index is 2120. The van der Waals surface area contributed by atoms with E-state index in [4.69, 9.17) is 9.40 Å². The van der Waals surface area contributed by atoms with Gasteiger partial charge in [0.1, 0.15) is 17.1 Å². The number of ketones is 1. The SMILES string of the molecule is CC(C)(C)c1cc(-c2nccc3oc(-c4csc5ccccc45)cc23)[c-]c2ccccc12.CCC(C)(CC)C(=O)/C=C(\O)C(C)(CC)CC.[Ir]. The molecule has 0 amide bonds. The van der Waals surface area contributed by atoms with Gasteiger partial charge in [0.25, 0.3) is 0 Å². The van der Waals surface area contributed by atoms with Crippen molar-refractivity contribution in [1.29, 1.82) is 0 Å². The van der Waals surface area contributed by atoms with Crippen LogP contribution in [0.25, 0.3) is 54.4 Å². The van der Waals surface area contributed by atoms with Crippen molar-refractivity contribution in [3.05, 3.63) is 102 Å². The molecule has 6 rings (SSSR count). The first-order chi connectivity index (χ1) is 23.3. The molecule has 50 heavy (non-hydrogen) atoms. The molecule has 0 saturated carbocycles. The van der Waals surface area contributed by atoms with Crippen LogP contribution in [0.1, 0.15) is 93.6 Å². The summed E-state index contributed by atoms with van der Waals surface area (Å²) in [7, 11) is 0. The molecular formula is C44H50IrNO3S-. The Hall–Kier alpha value is -3.57. The molecule has 0 fully saturated rings. The van der Waals surface area contributed by atoms with Gasteiger partial charge in [-0.15, -0.1) is 40.5 Å². The normalized spacial score (nSPS) is 12.5. The number of hydrogen-bond acceptors (Lipinski definition) is 5. The Labute approximate surface area is 315 Å². The summed E-state index contributed by atoms with van der Waals surface area (Å²) in [6, 6.07) is 26.9. The van der Waals surface area contributed by atoms with Crippen LogP contribution in [-0.2, 0) is 30.3 Å². The second kappa shape index (κ2) is 15.8. The van der Waals surface area contributed by atoms with Gasteiger partial charge in [-0.3, -0.25) is 9.78 Å². The fraction of sp³-hybridized carbons (Fsp3) is 0.364. The van der Waals surface area contributed by atoms with E-state index in [2.05, 4.69) is 92.9 Å². The zero-order chi connectivity index (χ0) is 35.6. The summed E-state index contributed by atoms with van der Waals surface area (Å²) in [6.45, 7) is 18.8. The molecule has 0 aliphatic carbocycles. The number of carbonyl (C=O) groups is 1. The van der Waals surface area contributed by atoms with Gasteiger partial charge in [-0.05, 0) is 49.3 Å². The first-order valence-corrected chi connectivity index (χ1v) is 18.4. The number of aromatic nitrogens is 1. The minimum absolute atomic E-state index is 0. The number of thiophene rings is 1. The predicted molar refractivity (Wildman–Crippen MR) is 208 cm³/mol. The van der Waals surface area contributed by atoms with E-state index in [1.165, 1.54) is 27.1 Å². The second-order valence-electron chi connectivity index (χ2n) is 14.6. The van der Waals surface area contributed by atoms with E-state index >= 15 is 0 Å². The standard InChI is InChI=1S/C29H22NOS.C15H28O2.Ir/c1-29(2,3)24-15-19(14-18-8-4-5-9-20(18)24)28-22-16-26(31-25(22)12-13-30-28)23-17-32-27-11-7-6-10-21(23)27;1-7-14(5,8-2)12(16)11-13(17)15(6,9-3)10-4;/h4-13,15-17H,1-3H3;11,16H,7-10H2,1-6H3;/q-1;;/b;12-11-;. The molecule has 3 aromatic carbocycles. The molecule has 3 heterocycles. The summed E-state index contributed by atoms with van der Waals surface area (Å²) in [5.74, 6) is 1.16. The number of furan rings is 1. The summed E-state index contributed by atoms with van der Waals surface area (Å²) in [4.78, 5) is 17.0. The van der Waals surface area contributed by atoms with E-state index in [-0.39, 0.29) is 47.9 Å². The molecule has 1 radical (unpaired) electrons. The molecule has 3 aromatic heterocycles. The van der Waals surface area contributed by atoms with Gasteiger partial charge in [0.2, 0.25) is 0 Å². The molecule has 4 nitrogen and oxygen atoms in total. The molecule has 0 saturated heterocycles. The van der Waals surface area contributed by atoms with E-state index in [1.807, 2.05) is 53.8 Å². The molecule has 0 aliphatic rings. The molecule has 265 valence electrons. The van der Waals surface area contributed by atoms with Gasteiger partial charge in [0.15, 0.2) is 5.78 Å². The molecule has 6 heteroatoms. The van der Waals surface area contributed by atoms with Gasteiger partial charge >= 0.3 is 0 Å². The monoisotopic (exact) mass is 865 g/mol. The number of pyridine rings is 1. The summed E-state index contributed by atoms with van der Waals surface area (Å²) >= 11 is 1.74. The van der Waals surface area contributed by atoms with Crippen molar-refractivity contribution in [3.8, 4) is 22.6 Å². The molecule has 0 spiro atoms. The van der Waals surface area contributed by atoms with Gasteiger partial charge in [0.05, 0.1) is 0 Å². The number of carbonyl (C=O) groups excluding carboxylic acids is 1. The first kappa shape index (κ1) is 39.2. The van der Waals surface area contributed by atoms with Crippen LogP contribution in [0.2, 0.25) is 0 Å². The average molecular weight is 865 g/mol. The molecule has 1 N–H and O–H groups in total. The average Bonchev–Trinajstić information content (AvgIpc) is 3.74. The summed E-state index contributed by atoms with van der Waals surface area (Å²) in [5.41, 5.74) is 4.59. The van der Waals surface area contributed by atoms with Crippen LogP contribution in [0, 0.1) is 16.9 Å². The minimum atomic E-state index is -0.337. The largest absolute Gasteiger partial charge is 0.512 e. The quantitative estimate of drug-likeness (QED) is 0.0893. The Morgan fingerprint density at radius 3 is 2.10 bits per heavy atom. The van der Waals surface area contributed by atoms with E-state index in [9.17, 15) is 9.90 Å². The van der Waals surface area contributed by atoms with Crippen LogP contribution in [0.15, 0.2) is 94.6 Å². The Balaban J connectivity index is 0.000000269. The fourth-order valence-electron chi connectivity index (χ4n) is 6.14. The summed E-state index contributed by atoms with van der Waals surface area (Å²) < 4.78 is 7.58. The maximum atomic E-state index is 12.2. The van der Waals surface area contributed by atoms with Crippen LogP contribution < -0.4 is 0 Å². The van der Waals surface area contributed by atoms with Crippen molar-refractivity contribution in [1.82, 2.24) is 4.98 Å². The van der Waals surface area contributed by atoms with E-state index in [1.54, 1.807) is 11.3 Å². The maximum Gasteiger partial charge on any atom is 0.164 e. The molecule has 0 unspecified atom stereocenters. The molecule has 0 atom stereocenters. The van der Waals surface area contributed by atoms with Crippen molar-refractivity contribution in [3.63, 3.8) is 0 Å². The Morgan fingerprint density at radius 1 is 0.840 bits per heavy atom. The molecule has 0 aliphatic heterocycles. The Morgan fingerprint density at radius 2 is 1.46 bits per heavy atom. The van der Waals surface area contributed by atoms with Crippen molar-refractivity contribution < 1.29 is 34.4 Å². The first-order valence-electron chi connectivity index (χ1n) is 17.5. The number of allylic oxidation sites excluding steroid dienone is 2. The molecule has 6 aromatic rings. The smallest absolute Gasteiger partial charge is 0.164 e. The number of nitrogens with zero attached hydrogens (tertiary/aromatic N) is 1. The van der Waals surface area contributed by atoms with Crippen LogP contribution in [0.5, 0.6) is 0 Å². The third kappa shape index (κ3) is 7.83. The van der Waals surface area contributed by atoms with Crippen LogP contribution >= 0.6 is 11.3 Å². The van der Waals surface area contributed by atoms with Gasteiger partial charge in [-0.1, -0.05) is 110 Å². The van der Waals surface area contributed by atoms with Crippen molar-refractivity contribution in [2.24, 2.45) is 10.8 Å². The number of rotatable bonds is 9. The van der Waals surface area contributed by atoms with Gasteiger partial charge in [-0.2, -0.15) is 0 Å². The van der Waals surface area contributed by atoms with E-state index in [0.29, 0.717) is 0 Å². The zero-order valence-corrected chi connectivity index (χ0v) is 34.1. The van der Waals surface area contributed by atoms with Gasteiger partial charge in [0, 0.05) is 75.3 Å². The number of aliphatic hydroxyl groups excluding tert-OH is 1. The number of benzene rings is 3. The minimum Gasteiger partial charge on any atom is -0.512 e. The molecule has 0 bridgehead atoms. The number of fused-ring (bicyclic) bond motifs is 3. The third-order valence-electron chi connectivity index (χ3n) is 10.6. The van der Waals surface area contributed by atoms with Crippen molar-refractivity contribution in [2.75, 3.05) is 0 Å². The van der Waals surface area contributed by atoms with Crippen LogP contribution in [0.3, 0.4) is 0 Å². The Kier molecular flexibility index (Phi) is 12.4. The van der Waals surface area contributed by atoms with Gasteiger partial charge in [-0.25, -0.2) is 0 Å². The van der Waals surface area contributed by atoms with E-state index in [0.717, 1.165) is 64.6 Å². The third-order valence-corrected chi connectivity index (χ3v) is 11.6. The molecular weight excluding hydrogens is 815 g/mol. The predicted octanol–water partition coefficient (Wildman–Crippen LogP) is 13.3. The maximum absolute atomic E-state index is 12.2. The number of aliphatic hydroxyl groups is 1. The van der Waals surface area contributed by atoms with Gasteiger partial charge < -0.3 is 9.52 Å². The summed E-state index contributed by atoms with van der Waals surface area (Å²) in [6.07, 6.45) is 6.58. The zero-order valence-electron chi connectivity index (χ0n) is 30.9. The van der Waals surface area contributed by atoms with E-state index < -0.39 is 0 Å². The van der Waals surface area contributed by atoms with Crippen LogP contribution in [0.4, 0.5) is 0 Å². The summed E-state index contributed by atoms with van der Waals surface area (Å²) in [5, 5.41) is 16.9. The second-order valence-corrected chi connectivity index (χ2v) is 15.6. The van der Waals surface area contributed by atoms with Crippen molar-refractivity contribution in [2.45, 2.75) is 93.4 Å². The van der Waals surface area contributed by atoms with Crippen LogP contribution in [-0.4, -0.2) is 15.9 Å². The fourth-order valence-corrected chi connectivity index (χ4v) is 7.09. The topological polar surface area (TPSA) is 63.3 Å². The van der Waals surface area contributed by atoms with Crippen molar-refractivity contribution >= 4 is 48.9 Å². The number of hydrogen-bond donors (Lipinski definition) is 1.